The Hall–Kier alpha value is -1.94. The van der Waals surface area contributed by atoms with Crippen LogP contribution in [0, 0.1) is 13.8 Å². The zero-order valence-electron chi connectivity index (χ0n) is 16.2. The molecular weight excluding hydrogens is 458 g/mol. The average molecular weight is 480 g/mol. The van der Waals surface area contributed by atoms with Crippen molar-refractivity contribution in [2.24, 2.45) is 0 Å². The van der Waals surface area contributed by atoms with Crippen LogP contribution in [-0.4, -0.2) is 49.0 Å². The van der Waals surface area contributed by atoms with Gasteiger partial charge in [-0.2, -0.15) is 4.31 Å². The first-order valence-corrected chi connectivity index (χ1v) is 11.5. The third-order valence-electron chi connectivity index (χ3n) is 4.93. The number of rotatable bonds is 5. The number of H-pyrrole nitrogens is 1. The van der Waals surface area contributed by atoms with Gasteiger partial charge in [-0.25, -0.2) is 13.4 Å². The zero-order valence-corrected chi connectivity index (χ0v) is 18.6. The van der Waals surface area contributed by atoms with Crippen molar-refractivity contribution in [3.63, 3.8) is 0 Å². The van der Waals surface area contributed by atoms with E-state index >= 15 is 0 Å². The summed E-state index contributed by atoms with van der Waals surface area (Å²) in [5.41, 5.74) is 3.49. The Labute approximate surface area is 178 Å². The Morgan fingerprint density at radius 3 is 2.69 bits per heavy atom. The van der Waals surface area contributed by atoms with Crippen LogP contribution in [0.2, 0.25) is 0 Å². The zero-order chi connectivity index (χ0) is 20.6. The minimum Gasteiger partial charge on any atom is -0.485 e. The van der Waals surface area contributed by atoms with Crippen molar-refractivity contribution in [1.82, 2.24) is 14.3 Å². The fraction of sp³-hybridized carbons (Fsp3) is 0.350. The number of imidazole rings is 1. The largest absolute Gasteiger partial charge is 0.485 e. The van der Waals surface area contributed by atoms with Gasteiger partial charge in [0.15, 0.2) is 0 Å². The van der Waals surface area contributed by atoms with Gasteiger partial charge in [0.25, 0.3) is 0 Å². The highest BCUT2D eigenvalue weighted by Crippen LogP contribution is 2.27. The van der Waals surface area contributed by atoms with Crippen molar-refractivity contribution in [1.29, 1.82) is 0 Å². The number of benzene rings is 2. The lowest BCUT2D eigenvalue weighted by Gasteiger charge is -2.25. The molecule has 0 spiro atoms. The van der Waals surface area contributed by atoms with Crippen LogP contribution in [-0.2, 0) is 21.4 Å². The second kappa shape index (κ2) is 8.06. The minimum absolute atomic E-state index is 0.252. The van der Waals surface area contributed by atoms with Gasteiger partial charge in [-0.15, -0.1) is 0 Å². The molecule has 0 unspecified atom stereocenters. The van der Waals surface area contributed by atoms with Gasteiger partial charge < -0.3 is 14.5 Å². The van der Waals surface area contributed by atoms with E-state index < -0.39 is 10.0 Å². The molecule has 9 heteroatoms. The van der Waals surface area contributed by atoms with Crippen LogP contribution in [0.15, 0.2) is 39.7 Å². The maximum atomic E-state index is 12.9. The number of aryl methyl sites for hydroxylation is 2. The normalized spacial score (nSPS) is 15.7. The van der Waals surface area contributed by atoms with Crippen molar-refractivity contribution in [3.8, 4) is 5.75 Å². The number of fused-ring (bicyclic) bond motifs is 1. The molecule has 7 nitrogen and oxygen atoms in total. The number of nitrogens with zero attached hydrogens (tertiary/aromatic N) is 2. The molecule has 154 valence electrons. The third kappa shape index (κ3) is 4.18. The fourth-order valence-corrected chi connectivity index (χ4v) is 5.16. The highest BCUT2D eigenvalue weighted by molar-refractivity contribution is 9.10. The van der Waals surface area contributed by atoms with Gasteiger partial charge in [0.05, 0.1) is 29.1 Å². The SMILES string of the molecule is Cc1cc(OCc2nc3ccc(S(=O)(=O)N4CCOCC4)cc3[nH]2)c(C)cc1Br. The molecule has 1 fully saturated rings. The second-order valence-electron chi connectivity index (χ2n) is 7.03. The second-order valence-corrected chi connectivity index (χ2v) is 9.83. The number of hydrogen-bond acceptors (Lipinski definition) is 5. The van der Waals surface area contributed by atoms with Crippen LogP contribution < -0.4 is 4.74 Å². The molecule has 1 aliphatic rings. The fourth-order valence-electron chi connectivity index (χ4n) is 3.26. The van der Waals surface area contributed by atoms with Gasteiger partial charge in [-0.1, -0.05) is 15.9 Å². The first kappa shape index (κ1) is 20.3. The third-order valence-corrected chi connectivity index (χ3v) is 7.68. The minimum atomic E-state index is -3.54. The average Bonchev–Trinajstić information content (AvgIpc) is 3.12. The molecule has 0 amide bonds. The van der Waals surface area contributed by atoms with E-state index in [1.54, 1.807) is 18.2 Å². The van der Waals surface area contributed by atoms with Crippen molar-refractivity contribution in [3.05, 3.63) is 51.8 Å². The lowest BCUT2D eigenvalue weighted by atomic mass is 10.1. The summed E-state index contributed by atoms with van der Waals surface area (Å²) < 4.78 is 39.4. The summed E-state index contributed by atoms with van der Waals surface area (Å²) in [7, 11) is -3.54. The van der Waals surface area contributed by atoms with Crippen molar-refractivity contribution < 1.29 is 17.9 Å². The van der Waals surface area contributed by atoms with E-state index in [-0.39, 0.29) is 11.5 Å². The quantitative estimate of drug-likeness (QED) is 0.604. The van der Waals surface area contributed by atoms with Crippen LogP contribution in [0.1, 0.15) is 17.0 Å². The van der Waals surface area contributed by atoms with Crippen molar-refractivity contribution in [2.45, 2.75) is 25.3 Å². The molecule has 0 bridgehead atoms. The lowest BCUT2D eigenvalue weighted by Crippen LogP contribution is -2.40. The summed E-state index contributed by atoms with van der Waals surface area (Å²) in [5, 5.41) is 0. The van der Waals surface area contributed by atoms with Gasteiger partial charge >= 0.3 is 0 Å². The summed E-state index contributed by atoms with van der Waals surface area (Å²) in [4.78, 5) is 7.94. The molecular formula is C20H22BrN3O4S. The predicted molar refractivity (Wildman–Crippen MR) is 114 cm³/mol. The topological polar surface area (TPSA) is 84.5 Å². The molecule has 1 saturated heterocycles. The molecule has 4 rings (SSSR count). The molecule has 0 saturated carbocycles. The van der Waals surface area contributed by atoms with Crippen LogP contribution in [0.4, 0.5) is 0 Å². The molecule has 2 aromatic carbocycles. The summed E-state index contributed by atoms with van der Waals surface area (Å²) in [6.07, 6.45) is 0. The predicted octanol–water partition coefficient (Wildman–Crippen LogP) is 3.54. The monoisotopic (exact) mass is 479 g/mol. The first-order valence-electron chi connectivity index (χ1n) is 9.31. The van der Waals surface area contributed by atoms with E-state index in [9.17, 15) is 8.42 Å². The maximum absolute atomic E-state index is 12.9. The highest BCUT2D eigenvalue weighted by atomic mass is 79.9. The summed E-state index contributed by atoms with van der Waals surface area (Å²) in [6, 6.07) is 8.95. The van der Waals surface area contributed by atoms with Gasteiger partial charge in [0, 0.05) is 17.6 Å². The number of sulfonamides is 1. The van der Waals surface area contributed by atoms with E-state index in [0.29, 0.717) is 43.2 Å². The number of aromatic nitrogens is 2. The molecule has 0 aliphatic carbocycles. The molecule has 1 N–H and O–H groups in total. The van der Waals surface area contributed by atoms with Crippen LogP contribution in [0.25, 0.3) is 11.0 Å². The van der Waals surface area contributed by atoms with Crippen molar-refractivity contribution in [2.75, 3.05) is 26.3 Å². The summed E-state index contributed by atoms with van der Waals surface area (Å²) in [6.45, 7) is 5.84. The number of nitrogens with one attached hydrogen (secondary N) is 1. The van der Waals surface area contributed by atoms with E-state index in [4.69, 9.17) is 9.47 Å². The molecule has 0 radical (unpaired) electrons. The van der Waals surface area contributed by atoms with Crippen molar-refractivity contribution >= 4 is 37.0 Å². The molecule has 1 aliphatic heterocycles. The molecule has 1 aromatic heterocycles. The Kier molecular flexibility index (Phi) is 5.65. The molecule has 3 aromatic rings. The standard InChI is InChI=1S/C20H22BrN3O4S/c1-13-10-19(14(2)9-16(13)21)28-12-20-22-17-4-3-15(11-18(17)23-20)29(25,26)24-5-7-27-8-6-24/h3-4,9-11H,5-8,12H2,1-2H3,(H,22,23). The highest BCUT2D eigenvalue weighted by Gasteiger charge is 2.26. The Morgan fingerprint density at radius 1 is 1.17 bits per heavy atom. The van der Waals surface area contributed by atoms with Gasteiger partial charge in [-0.05, 0) is 55.3 Å². The number of ether oxygens (including phenoxy) is 2. The van der Waals surface area contributed by atoms with Crippen LogP contribution >= 0.6 is 15.9 Å². The van der Waals surface area contributed by atoms with Gasteiger partial charge in [0.1, 0.15) is 18.2 Å². The number of hydrogen-bond donors (Lipinski definition) is 1. The molecule has 29 heavy (non-hydrogen) atoms. The van der Waals surface area contributed by atoms with E-state index in [2.05, 4.69) is 25.9 Å². The molecule has 2 heterocycles. The number of halogens is 1. The smallest absolute Gasteiger partial charge is 0.243 e. The van der Waals surface area contributed by atoms with Gasteiger partial charge in [-0.3, -0.25) is 0 Å². The van der Waals surface area contributed by atoms with Gasteiger partial charge in [0.2, 0.25) is 10.0 Å². The van der Waals surface area contributed by atoms with E-state index in [1.165, 1.54) is 4.31 Å². The Morgan fingerprint density at radius 2 is 1.93 bits per heavy atom. The van der Waals surface area contributed by atoms with E-state index in [0.717, 1.165) is 21.3 Å². The maximum Gasteiger partial charge on any atom is 0.243 e. The lowest BCUT2D eigenvalue weighted by molar-refractivity contribution is 0.0730. The Balaban J connectivity index is 1.55. The number of aromatic amines is 1. The first-order chi connectivity index (χ1) is 13.8. The van der Waals surface area contributed by atoms with Crippen LogP contribution in [0.5, 0.6) is 5.75 Å². The summed E-state index contributed by atoms with van der Waals surface area (Å²) >= 11 is 3.52. The molecule has 0 atom stereocenters. The van der Waals surface area contributed by atoms with Crippen LogP contribution in [0.3, 0.4) is 0 Å². The van der Waals surface area contributed by atoms with E-state index in [1.807, 2.05) is 26.0 Å². The number of morpholine rings is 1. The summed E-state index contributed by atoms with van der Waals surface area (Å²) in [5.74, 6) is 1.43. The Bertz CT molecular complexity index is 1150.